The van der Waals surface area contributed by atoms with Gasteiger partial charge in [-0.1, -0.05) is 55.3 Å². The van der Waals surface area contributed by atoms with Gasteiger partial charge in [0, 0.05) is 43.5 Å². The van der Waals surface area contributed by atoms with Gasteiger partial charge >= 0.3 is 0 Å². The van der Waals surface area contributed by atoms with Crippen LogP contribution >= 0.6 is 0 Å². The van der Waals surface area contributed by atoms with Crippen LogP contribution in [0.3, 0.4) is 0 Å². The fraction of sp³-hybridized carbons (Fsp3) is 0.433. The van der Waals surface area contributed by atoms with Gasteiger partial charge in [0.05, 0.1) is 20.3 Å². The first kappa shape index (κ1) is 24.4. The zero-order valence-electron chi connectivity index (χ0n) is 21.3. The lowest BCUT2D eigenvalue weighted by atomic mass is 10.0. The van der Waals surface area contributed by atoms with Crippen LogP contribution in [0.5, 0.6) is 11.6 Å². The predicted octanol–water partition coefficient (Wildman–Crippen LogP) is 5.50. The molecule has 0 spiro atoms. The van der Waals surface area contributed by atoms with E-state index >= 15 is 0 Å². The Labute approximate surface area is 214 Å². The van der Waals surface area contributed by atoms with E-state index in [1.54, 1.807) is 7.11 Å². The topological polar surface area (TPSA) is 47.1 Å². The van der Waals surface area contributed by atoms with Crippen LogP contribution in [0.2, 0.25) is 0 Å². The second-order valence-corrected chi connectivity index (χ2v) is 9.64. The van der Waals surface area contributed by atoms with Gasteiger partial charge in [-0.25, -0.2) is 0 Å². The normalized spacial score (nSPS) is 18.5. The summed E-state index contributed by atoms with van der Waals surface area (Å²) in [7, 11) is 1.68. The Hall–Kier alpha value is -3.25. The number of aromatic nitrogens is 1. The summed E-state index contributed by atoms with van der Waals surface area (Å²) in [6.45, 7) is 4.76. The van der Waals surface area contributed by atoms with E-state index in [9.17, 15) is 0 Å². The van der Waals surface area contributed by atoms with Gasteiger partial charge in [0.15, 0.2) is 0 Å². The third-order valence-electron chi connectivity index (χ3n) is 7.18. The van der Waals surface area contributed by atoms with Crippen molar-refractivity contribution in [1.82, 2.24) is 4.98 Å². The first-order valence-corrected chi connectivity index (χ1v) is 13.2. The van der Waals surface area contributed by atoms with Gasteiger partial charge in [0.1, 0.15) is 18.2 Å². The summed E-state index contributed by atoms with van der Waals surface area (Å²) >= 11 is 0. The van der Waals surface area contributed by atoms with Gasteiger partial charge in [-0.15, -0.1) is 0 Å². The zero-order valence-corrected chi connectivity index (χ0v) is 21.3. The lowest BCUT2D eigenvalue weighted by Crippen LogP contribution is -2.38. The first-order valence-electron chi connectivity index (χ1n) is 13.2. The first-order chi connectivity index (χ1) is 17.8. The average Bonchev–Trinajstić information content (AvgIpc) is 3.18. The Bertz CT molecular complexity index is 1080. The number of hydrogen-bond acceptors (Lipinski definition) is 6. The second-order valence-electron chi connectivity index (χ2n) is 9.64. The Morgan fingerprint density at radius 2 is 1.69 bits per heavy atom. The van der Waals surface area contributed by atoms with Crippen molar-refractivity contribution in [1.29, 1.82) is 0 Å². The molecule has 0 radical (unpaired) electrons. The van der Waals surface area contributed by atoms with E-state index in [-0.39, 0.29) is 0 Å². The van der Waals surface area contributed by atoms with E-state index in [0.717, 1.165) is 62.1 Å². The minimum atomic E-state index is 0.428. The van der Waals surface area contributed by atoms with Gasteiger partial charge in [-0.3, -0.25) is 0 Å². The number of benzene rings is 2. The van der Waals surface area contributed by atoms with Gasteiger partial charge in [-0.05, 0) is 42.5 Å². The SMILES string of the molecule is COc1ccc(COc2cc(N3CCOCC3)cc(N3CCCCC[C@@H]3Cc3ccccc3)n2)cc1. The minimum Gasteiger partial charge on any atom is -0.497 e. The fourth-order valence-corrected chi connectivity index (χ4v) is 5.16. The number of hydrogen-bond donors (Lipinski definition) is 0. The Balaban J connectivity index is 1.42. The molecule has 2 saturated heterocycles. The fourth-order valence-electron chi connectivity index (χ4n) is 5.16. The van der Waals surface area contributed by atoms with Crippen LogP contribution in [0.15, 0.2) is 66.7 Å². The summed E-state index contributed by atoms with van der Waals surface area (Å²) in [5.74, 6) is 2.54. The summed E-state index contributed by atoms with van der Waals surface area (Å²) in [6, 6.07) is 23.6. The lowest BCUT2D eigenvalue weighted by molar-refractivity contribution is 0.122. The summed E-state index contributed by atoms with van der Waals surface area (Å²) in [5.41, 5.74) is 3.64. The molecule has 3 aromatic rings. The molecule has 0 amide bonds. The molecule has 2 aliphatic heterocycles. The molecule has 0 unspecified atom stereocenters. The molecule has 3 heterocycles. The van der Waals surface area contributed by atoms with E-state index in [1.807, 2.05) is 24.3 Å². The third kappa shape index (κ3) is 6.30. The number of nitrogens with zero attached hydrogens (tertiary/aromatic N) is 3. The highest BCUT2D eigenvalue weighted by Crippen LogP contribution is 2.31. The molecule has 190 valence electrons. The van der Waals surface area contributed by atoms with E-state index in [2.05, 4.69) is 52.3 Å². The number of pyridine rings is 1. The molecule has 6 heteroatoms. The van der Waals surface area contributed by atoms with Gasteiger partial charge < -0.3 is 24.0 Å². The van der Waals surface area contributed by atoms with Crippen molar-refractivity contribution < 1.29 is 14.2 Å². The van der Waals surface area contributed by atoms with Crippen LogP contribution in [-0.2, 0) is 17.8 Å². The van der Waals surface area contributed by atoms with Crippen molar-refractivity contribution >= 4 is 11.5 Å². The molecule has 5 rings (SSSR count). The molecule has 0 N–H and O–H groups in total. The largest absolute Gasteiger partial charge is 0.497 e. The lowest BCUT2D eigenvalue weighted by Gasteiger charge is -2.34. The van der Waals surface area contributed by atoms with Crippen LogP contribution in [-0.4, -0.2) is 51.0 Å². The molecule has 36 heavy (non-hydrogen) atoms. The molecule has 0 bridgehead atoms. The van der Waals surface area contributed by atoms with Crippen molar-refractivity contribution in [2.24, 2.45) is 0 Å². The molecule has 2 aliphatic rings. The molecular formula is C30H37N3O3. The standard InChI is InChI=1S/C30H37N3O3/c1-34-28-13-11-25(12-14-28)23-36-30-22-27(32-16-18-35-19-17-32)21-29(31-30)33-15-7-3-6-10-26(33)20-24-8-4-2-5-9-24/h2,4-5,8-9,11-14,21-22,26H,3,6-7,10,15-20,23H2,1H3/t26-/m1/s1. The maximum absolute atomic E-state index is 6.28. The van der Waals surface area contributed by atoms with E-state index in [4.69, 9.17) is 19.2 Å². The average molecular weight is 488 g/mol. The van der Waals surface area contributed by atoms with Crippen molar-refractivity contribution in [2.75, 3.05) is 49.8 Å². The van der Waals surface area contributed by atoms with Gasteiger partial charge in [-0.2, -0.15) is 4.98 Å². The summed E-state index contributed by atoms with van der Waals surface area (Å²) in [5, 5.41) is 0. The van der Waals surface area contributed by atoms with E-state index < -0.39 is 0 Å². The molecule has 6 nitrogen and oxygen atoms in total. The number of anilines is 2. The molecular weight excluding hydrogens is 450 g/mol. The van der Waals surface area contributed by atoms with Crippen LogP contribution in [0.4, 0.5) is 11.5 Å². The summed E-state index contributed by atoms with van der Waals surface area (Å²) < 4.78 is 17.2. The van der Waals surface area contributed by atoms with Crippen molar-refractivity contribution in [2.45, 2.75) is 44.8 Å². The number of methoxy groups -OCH3 is 1. The number of morpholine rings is 1. The van der Waals surface area contributed by atoms with Gasteiger partial charge in [0.2, 0.25) is 5.88 Å². The van der Waals surface area contributed by atoms with Crippen LogP contribution < -0.4 is 19.3 Å². The van der Waals surface area contributed by atoms with Crippen LogP contribution in [0.25, 0.3) is 0 Å². The maximum atomic E-state index is 6.28. The maximum Gasteiger partial charge on any atom is 0.217 e. The molecule has 0 aliphatic carbocycles. The minimum absolute atomic E-state index is 0.428. The van der Waals surface area contributed by atoms with E-state index in [0.29, 0.717) is 18.5 Å². The highest BCUT2D eigenvalue weighted by Gasteiger charge is 2.25. The quantitative estimate of drug-likeness (QED) is 0.418. The Kier molecular flexibility index (Phi) is 8.24. The highest BCUT2D eigenvalue weighted by molar-refractivity contribution is 5.59. The third-order valence-corrected chi connectivity index (χ3v) is 7.18. The molecule has 1 aromatic heterocycles. The van der Waals surface area contributed by atoms with Gasteiger partial charge in [0.25, 0.3) is 0 Å². The monoisotopic (exact) mass is 487 g/mol. The van der Waals surface area contributed by atoms with E-state index in [1.165, 1.54) is 31.2 Å². The van der Waals surface area contributed by atoms with Crippen molar-refractivity contribution in [3.63, 3.8) is 0 Å². The number of rotatable bonds is 8. The number of ether oxygens (including phenoxy) is 3. The van der Waals surface area contributed by atoms with Crippen molar-refractivity contribution in [3.8, 4) is 11.6 Å². The Morgan fingerprint density at radius 1 is 0.889 bits per heavy atom. The van der Waals surface area contributed by atoms with Crippen LogP contribution in [0, 0.1) is 0 Å². The zero-order chi connectivity index (χ0) is 24.6. The second kappa shape index (κ2) is 12.1. The summed E-state index contributed by atoms with van der Waals surface area (Å²) in [6.07, 6.45) is 5.94. The molecule has 2 aromatic carbocycles. The summed E-state index contributed by atoms with van der Waals surface area (Å²) in [4.78, 5) is 9.98. The smallest absolute Gasteiger partial charge is 0.217 e. The van der Waals surface area contributed by atoms with Crippen molar-refractivity contribution in [3.05, 3.63) is 77.9 Å². The predicted molar refractivity (Wildman–Crippen MR) is 144 cm³/mol. The Morgan fingerprint density at radius 3 is 2.47 bits per heavy atom. The highest BCUT2D eigenvalue weighted by atomic mass is 16.5. The molecule has 2 fully saturated rings. The molecule has 0 saturated carbocycles. The molecule has 1 atom stereocenters. The van der Waals surface area contributed by atoms with Crippen LogP contribution in [0.1, 0.15) is 36.8 Å².